The van der Waals surface area contributed by atoms with E-state index >= 15 is 0 Å². The Labute approximate surface area is 159 Å². The second-order valence-corrected chi connectivity index (χ2v) is 5.94. The van der Waals surface area contributed by atoms with Crippen molar-refractivity contribution < 1.29 is 23.8 Å². The minimum Gasteiger partial charge on any atom is -0.493 e. The first-order valence-corrected chi connectivity index (χ1v) is 8.77. The third kappa shape index (κ3) is 5.23. The first-order valence-electron chi connectivity index (χ1n) is 8.77. The van der Waals surface area contributed by atoms with Gasteiger partial charge in [-0.3, -0.25) is 4.79 Å². The number of esters is 1. The molecule has 0 radical (unpaired) electrons. The van der Waals surface area contributed by atoms with E-state index in [4.69, 9.17) is 14.2 Å². The molecule has 1 amide bonds. The zero-order chi connectivity index (χ0) is 19.8. The number of nitrogens with one attached hydrogen (secondary N) is 1. The molecule has 27 heavy (non-hydrogen) atoms. The van der Waals surface area contributed by atoms with Gasteiger partial charge in [0.05, 0.1) is 26.4 Å². The minimum absolute atomic E-state index is 0.131. The van der Waals surface area contributed by atoms with Crippen LogP contribution in [-0.2, 0) is 16.0 Å². The van der Waals surface area contributed by atoms with Gasteiger partial charge in [0.25, 0.3) is 0 Å². The van der Waals surface area contributed by atoms with Crippen LogP contribution in [0.1, 0.15) is 34.8 Å². The number of benzene rings is 2. The Bertz CT molecular complexity index is 816. The van der Waals surface area contributed by atoms with Gasteiger partial charge in [-0.1, -0.05) is 12.1 Å². The first-order chi connectivity index (χ1) is 13.0. The van der Waals surface area contributed by atoms with Crippen LogP contribution < -0.4 is 14.8 Å². The Morgan fingerprint density at radius 3 is 2.44 bits per heavy atom. The lowest BCUT2D eigenvalue weighted by molar-refractivity contribution is -0.116. The fourth-order valence-corrected chi connectivity index (χ4v) is 2.71. The van der Waals surface area contributed by atoms with E-state index in [9.17, 15) is 9.59 Å². The topological polar surface area (TPSA) is 73.9 Å². The number of carbonyl (C=O) groups is 2. The van der Waals surface area contributed by atoms with Gasteiger partial charge in [0.15, 0.2) is 11.5 Å². The smallest absolute Gasteiger partial charge is 0.338 e. The lowest BCUT2D eigenvalue weighted by atomic mass is 10.1. The molecule has 0 atom stereocenters. The molecule has 6 heteroatoms. The molecule has 0 saturated carbocycles. The highest BCUT2D eigenvalue weighted by molar-refractivity contribution is 5.96. The summed E-state index contributed by atoms with van der Waals surface area (Å²) in [6.07, 6.45) is 0.862. The van der Waals surface area contributed by atoms with Gasteiger partial charge in [-0.05, 0) is 55.7 Å². The molecule has 0 fully saturated rings. The van der Waals surface area contributed by atoms with Crippen molar-refractivity contribution in [1.82, 2.24) is 0 Å². The van der Waals surface area contributed by atoms with Crippen LogP contribution in [0.2, 0.25) is 0 Å². The van der Waals surface area contributed by atoms with Crippen LogP contribution >= 0.6 is 0 Å². The molecule has 0 spiro atoms. The van der Waals surface area contributed by atoms with Gasteiger partial charge in [-0.2, -0.15) is 0 Å². The quantitative estimate of drug-likeness (QED) is 0.715. The summed E-state index contributed by atoms with van der Waals surface area (Å²) < 4.78 is 15.5. The van der Waals surface area contributed by atoms with Crippen molar-refractivity contribution in [3.63, 3.8) is 0 Å². The summed E-state index contributed by atoms with van der Waals surface area (Å²) >= 11 is 0. The largest absolute Gasteiger partial charge is 0.493 e. The van der Waals surface area contributed by atoms with Crippen LogP contribution in [-0.4, -0.2) is 32.7 Å². The average Bonchev–Trinajstić information content (AvgIpc) is 2.67. The molecular weight excluding hydrogens is 346 g/mol. The maximum atomic E-state index is 12.3. The van der Waals surface area contributed by atoms with Crippen LogP contribution in [0.25, 0.3) is 0 Å². The molecule has 2 aromatic rings. The predicted molar refractivity (Wildman–Crippen MR) is 104 cm³/mol. The minimum atomic E-state index is -0.392. The van der Waals surface area contributed by atoms with E-state index in [1.54, 1.807) is 46.3 Å². The van der Waals surface area contributed by atoms with E-state index in [0.29, 0.717) is 47.8 Å². The summed E-state index contributed by atoms with van der Waals surface area (Å²) in [6.45, 7) is 3.85. The first kappa shape index (κ1) is 20.3. The van der Waals surface area contributed by atoms with Crippen LogP contribution in [0.5, 0.6) is 11.5 Å². The van der Waals surface area contributed by atoms with Crippen LogP contribution in [0, 0.1) is 6.92 Å². The van der Waals surface area contributed by atoms with E-state index in [2.05, 4.69) is 5.32 Å². The number of anilines is 1. The highest BCUT2D eigenvalue weighted by atomic mass is 16.5. The van der Waals surface area contributed by atoms with Gasteiger partial charge < -0.3 is 19.5 Å². The van der Waals surface area contributed by atoms with E-state index in [0.717, 1.165) is 5.56 Å². The van der Waals surface area contributed by atoms with E-state index in [1.165, 1.54) is 0 Å². The van der Waals surface area contributed by atoms with E-state index in [1.807, 2.05) is 18.2 Å². The van der Waals surface area contributed by atoms with Crippen molar-refractivity contribution in [2.24, 2.45) is 0 Å². The maximum absolute atomic E-state index is 12.3. The van der Waals surface area contributed by atoms with Crippen LogP contribution in [0.3, 0.4) is 0 Å². The second-order valence-electron chi connectivity index (χ2n) is 5.94. The third-order valence-corrected chi connectivity index (χ3v) is 4.19. The highest BCUT2D eigenvalue weighted by Crippen LogP contribution is 2.28. The third-order valence-electron chi connectivity index (χ3n) is 4.19. The number of ether oxygens (including phenoxy) is 3. The number of rotatable bonds is 8. The monoisotopic (exact) mass is 371 g/mol. The number of methoxy groups -OCH3 is 2. The van der Waals surface area contributed by atoms with Gasteiger partial charge in [-0.25, -0.2) is 4.79 Å². The van der Waals surface area contributed by atoms with Crippen molar-refractivity contribution in [2.45, 2.75) is 26.7 Å². The average molecular weight is 371 g/mol. The highest BCUT2D eigenvalue weighted by Gasteiger charge is 2.14. The van der Waals surface area contributed by atoms with Crippen LogP contribution in [0.15, 0.2) is 36.4 Å². The molecule has 0 bridgehead atoms. The van der Waals surface area contributed by atoms with Gasteiger partial charge >= 0.3 is 5.97 Å². The number of aryl methyl sites for hydroxylation is 1. The van der Waals surface area contributed by atoms with Gasteiger partial charge in [-0.15, -0.1) is 0 Å². The van der Waals surface area contributed by atoms with Gasteiger partial charge in [0.1, 0.15) is 0 Å². The SMILES string of the molecule is CCOC(=O)c1cccc(NC(=O)CCc2ccc(OC)c(OC)c2)c1C. The van der Waals surface area contributed by atoms with E-state index < -0.39 is 5.97 Å². The lowest BCUT2D eigenvalue weighted by Crippen LogP contribution is -2.15. The molecule has 0 unspecified atom stereocenters. The second kappa shape index (κ2) is 9.62. The Kier molecular flexibility index (Phi) is 7.23. The maximum Gasteiger partial charge on any atom is 0.338 e. The molecule has 1 N–H and O–H groups in total. The summed E-state index contributed by atoms with van der Waals surface area (Å²) in [7, 11) is 3.16. The van der Waals surface area contributed by atoms with Crippen molar-refractivity contribution in [3.8, 4) is 11.5 Å². The lowest BCUT2D eigenvalue weighted by Gasteiger charge is -2.12. The zero-order valence-electron chi connectivity index (χ0n) is 16.1. The van der Waals surface area contributed by atoms with Crippen molar-refractivity contribution in [2.75, 3.05) is 26.1 Å². The summed E-state index contributed by atoms with van der Waals surface area (Å²) in [4.78, 5) is 24.3. The molecule has 0 aliphatic heterocycles. The molecular formula is C21H25NO5. The molecule has 0 heterocycles. The number of carbonyl (C=O) groups excluding carboxylic acids is 2. The number of hydrogen-bond acceptors (Lipinski definition) is 5. The summed E-state index contributed by atoms with van der Waals surface area (Å²) in [5.74, 6) is 0.760. The fraction of sp³-hybridized carbons (Fsp3) is 0.333. The van der Waals surface area contributed by atoms with Crippen molar-refractivity contribution >= 4 is 17.6 Å². The number of hydrogen-bond donors (Lipinski definition) is 1. The normalized spacial score (nSPS) is 10.2. The van der Waals surface area contributed by atoms with Gasteiger partial charge in [0, 0.05) is 12.1 Å². The molecule has 0 saturated heterocycles. The Morgan fingerprint density at radius 2 is 1.78 bits per heavy atom. The predicted octanol–water partition coefficient (Wildman–Crippen LogP) is 3.76. The van der Waals surface area contributed by atoms with Crippen molar-refractivity contribution in [3.05, 3.63) is 53.1 Å². The summed E-state index contributed by atoms with van der Waals surface area (Å²) in [5.41, 5.74) is 2.72. The van der Waals surface area contributed by atoms with Gasteiger partial charge in [0.2, 0.25) is 5.91 Å². The van der Waals surface area contributed by atoms with E-state index in [-0.39, 0.29) is 5.91 Å². The molecule has 2 rings (SSSR count). The number of amides is 1. The Balaban J connectivity index is 2.02. The molecule has 2 aromatic carbocycles. The Hall–Kier alpha value is -3.02. The zero-order valence-corrected chi connectivity index (χ0v) is 16.1. The van der Waals surface area contributed by atoms with Crippen molar-refractivity contribution in [1.29, 1.82) is 0 Å². The molecule has 144 valence electrons. The summed E-state index contributed by atoms with van der Waals surface area (Å²) in [5, 5.41) is 2.87. The molecule has 0 aromatic heterocycles. The Morgan fingerprint density at radius 1 is 1.04 bits per heavy atom. The molecule has 6 nitrogen and oxygen atoms in total. The summed E-state index contributed by atoms with van der Waals surface area (Å²) in [6, 6.07) is 10.8. The standard InChI is InChI=1S/C21H25NO5/c1-5-27-21(24)16-7-6-8-17(14(16)2)22-20(23)12-10-15-9-11-18(25-3)19(13-15)26-4/h6-9,11,13H,5,10,12H2,1-4H3,(H,22,23). The molecule has 0 aliphatic rings. The van der Waals surface area contributed by atoms with Crippen LogP contribution in [0.4, 0.5) is 5.69 Å². The fourth-order valence-electron chi connectivity index (χ4n) is 2.71. The molecule has 0 aliphatic carbocycles.